The molecule has 0 aliphatic carbocycles. The average Bonchev–Trinajstić information content (AvgIpc) is 3.38. The van der Waals surface area contributed by atoms with E-state index in [1.165, 1.54) is 0 Å². The predicted octanol–water partition coefficient (Wildman–Crippen LogP) is 3.66. The van der Waals surface area contributed by atoms with Crippen molar-refractivity contribution < 1.29 is 24.5 Å². The number of carbonyl (C=O) groups is 2. The number of aryl methyl sites for hydroxylation is 1. The zero-order valence-electron chi connectivity index (χ0n) is 21.2. The molecule has 0 aromatic carbocycles. The zero-order valence-corrected chi connectivity index (χ0v) is 22.0. The number of ether oxygens (including phenoxy) is 1. The molecule has 0 radical (unpaired) electrons. The Balaban J connectivity index is 1.81. The highest BCUT2D eigenvalue weighted by atomic mass is 32.1. The molecule has 2 fully saturated rings. The lowest BCUT2D eigenvalue weighted by molar-refractivity contribution is -0.154. The molecule has 3 heterocycles. The third kappa shape index (κ3) is 6.53. The first-order chi connectivity index (χ1) is 15.9. The number of Topliss-reactive ketones (excluding diaryl/α,β-unsaturated/α-hetero) is 1. The number of thiazole rings is 1. The second-order valence-electron chi connectivity index (χ2n) is 10.8. The Bertz CT molecular complexity index is 911. The quantitative estimate of drug-likeness (QED) is 0.426. The number of aromatic nitrogens is 1. The summed E-state index contributed by atoms with van der Waals surface area (Å²) in [6.45, 7) is 10.8. The number of cyclic esters (lactones) is 1. The van der Waals surface area contributed by atoms with Gasteiger partial charge in [0.2, 0.25) is 0 Å². The lowest BCUT2D eigenvalue weighted by Gasteiger charge is -2.34. The summed E-state index contributed by atoms with van der Waals surface area (Å²) in [5.41, 5.74) is 0.567. The van der Waals surface area contributed by atoms with E-state index >= 15 is 0 Å². The fourth-order valence-electron chi connectivity index (χ4n) is 4.92. The summed E-state index contributed by atoms with van der Waals surface area (Å²) in [6, 6.07) is 0.615. The summed E-state index contributed by atoms with van der Waals surface area (Å²) in [6.07, 6.45) is 2.64. The highest BCUT2D eigenvalue weighted by Gasteiger charge is 2.43. The summed E-state index contributed by atoms with van der Waals surface area (Å²) in [5, 5.41) is 28.1. The van der Waals surface area contributed by atoms with Gasteiger partial charge in [-0.15, -0.1) is 11.3 Å². The number of fused-ring (bicyclic) bond motifs is 1. The van der Waals surface area contributed by atoms with Crippen LogP contribution in [0.1, 0.15) is 77.4 Å². The van der Waals surface area contributed by atoms with Gasteiger partial charge in [-0.1, -0.05) is 34.1 Å². The standard InChI is InChI=1S/C26H40N2O5S/c1-14-8-7-9-19-20(28-19)11-21(15(2)10-18-13-34-17(4)27-18)33-23(30)12-22(29)26(5,6)25(32)16(3)24(14)31/h10,13-14,16,19-22,24,28-29,31H,7-9,11-12H2,1-6H3/t14?,16-,19-,20+,21?,22+,24+/m1/s1. The molecule has 1 aromatic heterocycles. The smallest absolute Gasteiger partial charge is 0.309 e. The number of hydrogen-bond donors (Lipinski definition) is 3. The van der Waals surface area contributed by atoms with Gasteiger partial charge < -0.3 is 20.3 Å². The third-order valence-corrected chi connectivity index (χ3v) is 8.37. The van der Waals surface area contributed by atoms with E-state index in [4.69, 9.17) is 4.74 Å². The molecule has 190 valence electrons. The summed E-state index contributed by atoms with van der Waals surface area (Å²) in [4.78, 5) is 30.5. The molecule has 2 unspecified atom stereocenters. The fraction of sp³-hybridized carbons (Fsp3) is 0.731. The van der Waals surface area contributed by atoms with Gasteiger partial charge >= 0.3 is 5.97 Å². The molecule has 8 heteroatoms. The van der Waals surface area contributed by atoms with Crippen molar-refractivity contribution in [2.24, 2.45) is 17.3 Å². The molecular weight excluding hydrogens is 452 g/mol. The van der Waals surface area contributed by atoms with Crippen LogP contribution in [0.4, 0.5) is 0 Å². The Labute approximate surface area is 207 Å². The van der Waals surface area contributed by atoms with Gasteiger partial charge in [0.1, 0.15) is 11.9 Å². The summed E-state index contributed by atoms with van der Waals surface area (Å²) >= 11 is 1.57. The molecule has 7 atom stereocenters. The van der Waals surface area contributed by atoms with E-state index < -0.39 is 35.6 Å². The number of ketones is 1. The molecular formula is C26H40N2O5S. The summed E-state index contributed by atoms with van der Waals surface area (Å²) < 4.78 is 5.86. The van der Waals surface area contributed by atoms with E-state index in [1.807, 2.05) is 32.2 Å². The largest absolute Gasteiger partial charge is 0.458 e. The molecule has 7 nitrogen and oxygen atoms in total. The topological polar surface area (TPSA) is 119 Å². The molecule has 0 saturated carbocycles. The SMILES string of the molecule is CC(=Cc1csc(C)n1)C1C[C@@H]2N[C@@H]2CCCC(C)[C@H](O)[C@@H](C)C(=O)C(C)(C)[C@@H](O)CC(=O)O1. The number of carbonyl (C=O) groups excluding carboxylic acids is 2. The molecule has 0 bridgehead atoms. The molecule has 2 aliphatic rings. The molecule has 2 aliphatic heterocycles. The lowest BCUT2D eigenvalue weighted by Crippen LogP contribution is -2.45. The minimum Gasteiger partial charge on any atom is -0.458 e. The number of aliphatic hydroxyl groups is 2. The van der Waals surface area contributed by atoms with Crippen molar-refractivity contribution in [3.63, 3.8) is 0 Å². The van der Waals surface area contributed by atoms with Crippen LogP contribution < -0.4 is 5.32 Å². The molecule has 34 heavy (non-hydrogen) atoms. The van der Waals surface area contributed by atoms with Crippen LogP contribution in [0.15, 0.2) is 11.0 Å². The number of rotatable bonds is 2. The summed E-state index contributed by atoms with van der Waals surface area (Å²) in [7, 11) is 0. The second-order valence-corrected chi connectivity index (χ2v) is 11.8. The maximum absolute atomic E-state index is 13.2. The van der Waals surface area contributed by atoms with Crippen LogP contribution in [0.5, 0.6) is 0 Å². The lowest BCUT2D eigenvalue weighted by atomic mass is 9.73. The van der Waals surface area contributed by atoms with Gasteiger partial charge in [0, 0.05) is 29.8 Å². The Morgan fingerprint density at radius 1 is 1.24 bits per heavy atom. The first-order valence-corrected chi connectivity index (χ1v) is 13.2. The van der Waals surface area contributed by atoms with Gasteiger partial charge in [-0.2, -0.15) is 0 Å². The number of aliphatic hydroxyl groups excluding tert-OH is 2. The average molecular weight is 493 g/mol. The molecule has 3 N–H and O–H groups in total. The van der Waals surface area contributed by atoms with Crippen LogP contribution in [0.2, 0.25) is 0 Å². The number of esters is 1. The predicted molar refractivity (Wildman–Crippen MR) is 133 cm³/mol. The first-order valence-electron chi connectivity index (χ1n) is 12.4. The van der Waals surface area contributed by atoms with E-state index in [0.717, 1.165) is 35.5 Å². The van der Waals surface area contributed by atoms with Crippen molar-refractivity contribution in [1.82, 2.24) is 10.3 Å². The van der Waals surface area contributed by atoms with Crippen LogP contribution in [0.25, 0.3) is 6.08 Å². The van der Waals surface area contributed by atoms with Gasteiger partial charge in [0.05, 0.1) is 34.7 Å². The fourth-order valence-corrected chi connectivity index (χ4v) is 5.49. The maximum atomic E-state index is 13.2. The highest BCUT2D eigenvalue weighted by Crippen LogP contribution is 2.33. The van der Waals surface area contributed by atoms with E-state index in [2.05, 4.69) is 10.3 Å². The minimum absolute atomic E-state index is 0.0264. The number of hydrogen-bond acceptors (Lipinski definition) is 8. The van der Waals surface area contributed by atoms with Gasteiger partial charge in [-0.25, -0.2) is 4.98 Å². The van der Waals surface area contributed by atoms with Gasteiger partial charge in [-0.05, 0) is 44.3 Å². The van der Waals surface area contributed by atoms with Crippen LogP contribution in [0.3, 0.4) is 0 Å². The van der Waals surface area contributed by atoms with Crippen LogP contribution in [0, 0.1) is 24.2 Å². The molecule has 2 saturated heterocycles. The van der Waals surface area contributed by atoms with Crippen molar-refractivity contribution in [1.29, 1.82) is 0 Å². The monoisotopic (exact) mass is 492 g/mol. The van der Waals surface area contributed by atoms with Crippen molar-refractivity contribution in [3.8, 4) is 0 Å². The van der Waals surface area contributed by atoms with E-state index in [1.54, 1.807) is 32.1 Å². The summed E-state index contributed by atoms with van der Waals surface area (Å²) in [5.74, 6) is -1.43. The van der Waals surface area contributed by atoms with E-state index in [0.29, 0.717) is 12.5 Å². The first kappa shape index (κ1) is 27.0. The Hall–Kier alpha value is -1.61. The number of nitrogens with zero attached hydrogens (tertiary/aromatic N) is 1. The van der Waals surface area contributed by atoms with Crippen molar-refractivity contribution in [2.45, 2.75) is 104 Å². The number of nitrogens with one attached hydrogen (secondary N) is 1. The van der Waals surface area contributed by atoms with Gasteiger partial charge in [-0.3, -0.25) is 9.59 Å². The van der Waals surface area contributed by atoms with Crippen molar-refractivity contribution >= 4 is 29.2 Å². The van der Waals surface area contributed by atoms with Gasteiger partial charge in [0.15, 0.2) is 0 Å². The molecule has 0 spiro atoms. The third-order valence-electron chi connectivity index (χ3n) is 7.58. The molecule has 0 amide bonds. The van der Waals surface area contributed by atoms with Crippen LogP contribution in [-0.2, 0) is 14.3 Å². The Morgan fingerprint density at radius 2 is 1.94 bits per heavy atom. The van der Waals surface area contributed by atoms with Crippen LogP contribution >= 0.6 is 11.3 Å². The maximum Gasteiger partial charge on any atom is 0.309 e. The Kier molecular flexibility index (Phi) is 8.71. The molecule has 3 rings (SSSR count). The van der Waals surface area contributed by atoms with E-state index in [9.17, 15) is 19.8 Å². The second kappa shape index (κ2) is 11.0. The van der Waals surface area contributed by atoms with Gasteiger partial charge in [0.25, 0.3) is 0 Å². The van der Waals surface area contributed by atoms with Crippen LogP contribution in [-0.4, -0.2) is 57.3 Å². The van der Waals surface area contributed by atoms with Crippen molar-refractivity contribution in [3.05, 3.63) is 21.7 Å². The normalized spacial score (nSPS) is 36.0. The molecule has 1 aromatic rings. The highest BCUT2D eigenvalue weighted by molar-refractivity contribution is 7.09. The zero-order chi connectivity index (χ0) is 25.2. The minimum atomic E-state index is -1.21. The van der Waals surface area contributed by atoms with Crippen molar-refractivity contribution in [2.75, 3.05) is 0 Å². The Morgan fingerprint density at radius 3 is 2.59 bits per heavy atom. The van der Waals surface area contributed by atoms with E-state index in [-0.39, 0.29) is 24.2 Å².